The van der Waals surface area contributed by atoms with E-state index in [1.165, 1.54) is 16.5 Å². The van der Waals surface area contributed by atoms with Gasteiger partial charge in [-0.05, 0) is 44.0 Å². The maximum Gasteiger partial charge on any atom is 0.0483 e. The monoisotopic (exact) mass is 280 g/mol. The lowest BCUT2D eigenvalue weighted by atomic mass is 10.1. The van der Waals surface area contributed by atoms with E-state index in [4.69, 9.17) is 5.73 Å². The second-order valence-electron chi connectivity index (χ2n) is 4.28. The average Bonchev–Trinajstić information content (AvgIpc) is 2.55. The zero-order valence-corrected chi connectivity index (χ0v) is 11.3. The van der Waals surface area contributed by atoms with Gasteiger partial charge >= 0.3 is 0 Å². The Balaban J connectivity index is 2.59. The van der Waals surface area contributed by atoms with E-state index in [1.807, 2.05) is 6.92 Å². The highest BCUT2D eigenvalue weighted by Crippen LogP contribution is 2.26. The molecule has 0 aliphatic carbocycles. The van der Waals surface area contributed by atoms with Crippen LogP contribution in [-0.4, -0.2) is 10.6 Å². The lowest BCUT2D eigenvalue weighted by molar-refractivity contribution is 0.731. The number of nitrogens with zero attached hydrogens (tertiary/aromatic N) is 1. The molecular formula is C13H17BrN2. The molecule has 2 aromatic rings. The first kappa shape index (κ1) is 11.7. The van der Waals surface area contributed by atoms with Crippen LogP contribution in [0, 0.1) is 0 Å². The summed E-state index contributed by atoms with van der Waals surface area (Å²) in [7, 11) is 0. The first-order valence-corrected chi connectivity index (χ1v) is 6.44. The number of fused-ring (bicyclic) bond motifs is 1. The molecule has 2 rings (SSSR count). The maximum absolute atomic E-state index is 5.88. The highest BCUT2D eigenvalue weighted by atomic mass is 79.9. The van der Waals surface area contributed by atoms with E-state index in [2.05, 4.69) is 51.8 Å². The molecule has 86 valence electrons. The van der Waals surface area contributed by atoms with Crippen molar-refractivity contribution in [3.05, 3.63) is 34.4 Å². The lowest BCUT2D eigenvalue weighted by Gasteiger charge is -2.02. The molecule has 1 aromatic heterocycles. The summed E-state index contributed by atoms with van der Waals surface area (Å²) < 4.78 is 3.40. The Hall–Kier alpha value is -0.800. The highest BCUT2D eigenvalue weighted by molar-refractivity contribution is 9.10. The Bertz CT molecular complexity index is 500. The third kappa shape index (κ3) is 2.15. The van der Waals surface area contributed by atoms with E-state index < -0.39 is 0 Å². The summed E-state index contributed by atoms with van der Waals surface area (Å²) in [5.41, 5.74) is 8.52. The molecule has 2 N–H and O–H groups in total. The van der Waals surface area contributed by atoms with Crippen LogP contribution in [0.4, 0.5) is 0 Å². The first-order valence-electron chi connectivity index (χ1n) is 5.64. The van der Waals surface area contributed by atoms with Crippen molar-refractivity contribution >= 4 is 26.8 Å². The first-order chi connectivity index (χ1) is 7.61. The molecule has 1 atom stereocenters. The molecule has 0 saturated carbocycles. The normalized spacial score (nSPS) is 13.2. The number of rotatable bonds is 3. The standard InChI is InChI=1S/C13H17BrN2/c1-3-16-8-10(6-9(2)15)12-7-11(14)4-5-13(12)16/h4-5,7-9H,3,6,15H2,1-2H3. The Labute approximate surface area is 105 Å². The Morgan fingerprint density at radius 2 is 2.19 bits per heavy atom. The highest BCUT2D eigenvalue weighted by Gasteiger charge is 2.09. The van der Waals surface area contributed by atoms with Crippen molar-refractivity contribution in [1.82, 2.24) is 4.57 Å². The van der Waals surface area contributed by atoms with Crippen molar-refractivity contribution in [1.29, 1.82) is 0 Å². The minimum atomic E-state index is 0.204. The van der Waals surface area contributed by atoms with Gasteiger partial charge in [-0.15, -0.1) is 0 Å². The van der Waals surface area contributed by atoms with Gasteiger partial charge in [0.15, 0.2) is 0 Å². The smallest absolute Gasteiger partial charge is 0.0483 e. The Morgan fingerprint density at radius 3 is 2.81 bits per heavy atom. The maximum atomic E-state index is 5.88. The van der Waals surface area contributed by atoms with Crippen LogP contribution in [0.3, 0.4) is 0 Å². The van der Waals surface area contributed by atoms with Gasteiger partial charge in [0.1, 0.15) is 0 Å². The number of aryl methyl sites for hydroxylation is 1. The van der Waals surface area contributed by atoms with Crippen LogP contribution in [0.2, 0.25) is 0 Å². The van der Waals surface area contributed by atoms with E-state index in [9.17, 15) is 0 Å². The molecule has 16 heavy (non-hydrogen) atoms. The third-order valence-corrected chi connectivity index (χ3v) is 3.30. The van der Waals surface area contributed by atoms with Gasteiger partial charge in [0.25, 0.3) is 0 Å². The number of benzene rings is 1. The molecule has 0 spiro atoms. The van der Waals surface area contributed by atoms with Crippen molar-refractivity contribution in [2.75, 3.05) is 0 Å². The van der Waals surface area contributed by atoms with E-state index in [1.54, 1.807) is 0 Å². The van der Waals surface area contributed by atoms with Crippen LogP contribution in [0.25, 0.3) is 10.9 Å². The predicted molar refractivity (Wildman–Crippen MR) is 72.7 cm³/mol. The van der Waals surface area contributed by atoms with Gasteiger partial charge in [-0.1, -0.05) is 15.9 Å². The summed E-state index contributed by atoms with van der Waals surface area (Å²) in [5.74, 6) is 0. The summed E-state index contributed by atoms with van der Waals surface area (Å²) in [5, 5.41) is 1.31. The van der Waals surface area contributed by atoms with Crippen molar-refractivity contribution < 1.29 is 0 Å². The molecule has 0 amide bonds. The summed E-state index contributed by atoms with van der Waals surface area (Å²) in [4.78, 5) is 0. The van der Waals surface area contributed by atoms with Crippen LogP contribution in [0.5, 0.6) is 0 Å². The molecule has 0 saturated heterocycles. The summed E-state index contributed by atoms with van der Waals surface area (Å²) in [6.07, 6.45) is 3.15. The van der Waals surface area contributed by atoms with Crippen LogP contribution in [0.15, 0.2) is 28.9 Å². The van der Waals surface area contributed by atoms with E-state index in [-0.39, 0.29) is 6.04 Å². The molecule has 2 nitrogen and oxygen atoms in total. The van der Waals surface area contributed by atoms with E-state index in [0.717, 1.165) is 17.4 Å². The van der Waals surface area contributed by atoms with Gasteiger partial charge in [-0.3, -0.25) is 0 Å². The molecule has 0 bridgehead atoms. The van der Waals surface area contributed by atoms with E-state index in [0.29, 0.717) is 0 Å². The topological polar surface area (TPSA) is 30.9 Å². The zero-order valence-electron chi connectivity index (χ0n) is 9.70. The van der Waals surface area contributed by atoms with Crippen molar-refractivity contribution in [3.63, 3.8) is 0 Å². The van der Waals surface area contributed by atoms with Gasteiger partial charge in [0.2, 0.25) is 0 Å². The SMILES string of the molecule is CCn1cc(CC(C)N)c2cc(Br)ccc21. The lowest BCUT2D eigenvalue weighted by Crippen LogP contribution is -2.17. The van der Waals surface area contributed by atoms with Crippen LogP contribution in [-0.2, 0) is 13.0 Å². The third-order valence-electron chi connectivity index (χ3n) is 2.81. The molecule has 1 aromatic carbocycles. The van der Waals surface area contributed by atoms with Crippen molar-refractivity contribution in [2.24, 2.45) is 5.73 Å². The summed E-state index contributed by atoms with van der Waals surface area (Å²) >= 11 is 3.52. The van der Waals surface area contributed by atoms with Gasteiger partial charge in [0.05, 0.1) is 0 Å². The molecule has 0 aliphatic heterocycles. The molecule has 3 heteroatoms. The number of halogens is 1. The van der Waals surface area contributed by atoms with Gasteiger partial charge < -0.3 is 10.3 Å². The van der Waals surface area contributed by atoms with Crippen LogP contribution < -0.4 is 5.73 Å². The predicted octanol–water partition coefficient (Wildman–Crippen LogP) is 3.31. The summed E-state index contributed by atoms with van der Waals surface area (Å²) in [6.45, 7) is 5.21. The van der Waals surface area contributed by atoms with Crippen molar-refractivity contribution in [2.45, 2.75) is 32.9 Å². The second kappa shape index (κ2) is 4.60. The Morgan fingerprint density at radius 1 is 1.44 bits per heavy atom. The number of hydrogen-bond donors (Lipinski definition) is 1. The second-order valence-corrected chi connectivity index (χ2v) is 5.20. The fourth-order valence-corrected chi connectivity index (χ4v) is 2.48. The number of nitrogens with two attached hydrogens (primary N) is 1. The Kier molecular flexibility index (Phi) is 3.36. The molecule has 1 unspecified atom stereocenters. The number of aromatic nitrogens is 1. The molecular weight excluding hydrogens is 264 g/mol. The van der Waals surface area contributed by atoms with Gasteiger partial charge in [-0.2, -0.15) is 0 Å². The molecule has 0 radical (unpaired) electrons. The fraction of sp³-hybridized carbons (Fsp3) is 0.385. The molecule has 1 heterocycles. The van der Waals surface area contributed by atoms with Crippen LogP contribution >= 0.6 is 15.9 Å². The quantitative estimate of drug-likeness (QED) is 0.919. The minimum absolute atomic E-state index is 0.204. The van der Waals surface area contributed by atoms with Gasteiger partial charge in [-0.25, -0.2) is 0 Å². The van der Waals surface area contributed by atoms with Crippen LogP contribution in [0.1, 0.15) is 19.4 Å². The largest absolute Gasteiger partial charge is 0.347 e. The van der Waals surface area contributed by atoms with Gasteiger partial charge in [0, 0.05) is 34.2 Å². The fourth-order valence-electron chi connectivity index (χ4n) is 2.11. The minimum Gasteiger partial charge on any atom is -0.347 e. The average molecular weight is 281 g/mol. The zero-order chi connectivity index (χ0) is 11.7. The molecule has 0 fully saturated rings. The summed E-state index contributed by atoms with van der Waals surface area (Å²) in [6, 6.07) is 6.63. The number of hydrogen-bond acceptors (Lipinski definition) is 1. The van der Waals surface area contributed by atoms with Crippen molar-refractivity contribution in [3.8, 4) is 0 Å². The van der Waals surface area contributed by atoms with E-state index >= 15 is 0 Å². The molecule has 0 aliphatic rings.